The smallest absolute Gasteiger partial charge is 0.294 e. The zero-order valence-electron chi connectivity index (χ0n) is 11.3. The number of nitrogens with zero attached hydrogens (tertiary/aromatic N) is 2. The molecule has 1 aromatic carbocycles. The molecule has 0 aliphatic rings. The van der Waals surface area contributed by atoms with Crippen LogP contribution in [0.5, 0.6) is 0 Å². The van der Waals surface area contributed by atoms with Crippen LogP contribution < -0.4 is 4.80 Å². The fourth-order valence-electron chi connectivity index (χ4n) is 1.98. The molecule has 3 aromatic rings. The van der Waals surface area contributed by atoms with Crippen LogP contribution in [0.4, 0.5) is 0 Å². The van der Waals surface area contributed by atoms with Crippen LogP contribution in [0.1, 0.15) is 0 Å². The van der Waals surface area contributed by atoms with E-state index in [2.05, 4.69) is 11.0 Å². The van der Waals surface area contributed by atoms with E-state index in [1.807, 2.05) is 28.8 Å². The van der Waals surface area contributed by atoms with Crippen molar-refractivity contribution in [1.29, 1.82) is 0 Å². The van der Waals surface area contributed by atoms with E-state index in [0.29, 0.717) is 15.7 Å². The summed E-state index contributed by atoms with van der Waals surface area (Å²) in [6, 6.07) is 10.7. The van der Waals surface area contributed by atoms with Crippen molar-refractivity contribution in [2.45, 2.75) is 10.8 Å². The lowest BCUT2D eigenvalue weighted by Gasteiger charge is -2.00. The van der Waals surface area contributed by atoms with Gasteiger partial charge >= 0.3 is 0 Å². The molecule has 2 aromatic heterocycles. The standard InChI is InChI=1S/C14H11ClN2O2S3/c1-2-9-17-10-5-3-4-6-11(10)20-14(17)16-22(18,19)13-8-7-12(15)21-13/h2-8H,1,9H2. The number of rotatable bonds is 4. The highest BCUT2D eigenvalue weighted by atomic mass is 35.5. The second kappa shape index (κ2) is 6.00. The Labute approximate surface area is 140 Å². The third kappa shape index (κ3) is 2.89. The number of hydrogen-bond acceptors (Lipinski definition) is 4. The predicted octanol–water partition coefficient (Wildman–Crippen LogP) is 3.89. The molecular weight excluding hydrogens is 360 g/mol. The lowest BCUT2D eigenvalue weighted by Crippen LogP contribution is -2.16. The molecule has 0 fully saturated rings. The van der Waals surface area contributed by atoms with Crippen molar-refractivity contribution in [1.82, 2.24) is 4.57 Å². The molecule has 0 radical (unpaired) electrons. The summed E-state index contributed by atoms with van der Waals surface area (Å²) < 4.78 is 32.2. The lowest BCUT2D eigenvalue weighted by molar-refractivity contribution is 0.598. The molecule has 8 heteroatoms. The second-order valence-electron chi connectivity index (χ2n) is 4.38. The van der Waals surface area contributed by atoms with E-state index in [4.69, 9.17) is 11.6 Å². The van der Waals surface area contributed by atoms with Crippen LogP contribution in [0, 0.1) is 0 Å². The van der Waals surface area contributed by atoms with Crippen molar-refractivity contribution in [3.05, 3.63) is 58.2 Å². The Morgan fingerprint density at radius 2 is 2.00 bits per heavy atom. The van der Waals surface area contributed by atoms with Crippen molar-refractivity contribution >= 4 is 54.5 Å². The van der Waals surface area contributed by atoms with Crippen molar-refractivity contribution in [3.8, 4) is 0 Å². The van der Waals surface area contributed by atoms with E-state index in [-0.39, 0.29) is 4.21 Å². The minimum atomic E-state index is -3.77. The molecule has 22 heavy (non-hydrogen) atoms. The summed E-state index contributed by atoms with van der Waals surface area (Å²) in [4.78, 5) is 0.422. The molecule has 0 amide bonds. The topological polar surface area (TPSA) is 51.4 Å². The van der Waals surface area contributed by atoms with Crippen LogP contribution in [0.25, 0.3) is 10.2 Å². The molecule has 0 atom stereocenters. The fraction of sp³-hybridized carbons (Fsp3) is 0.0714. The monoisotopic (exact) mass is 370 g/mol. The Kier molecular flexibility index (Phi) is 4.22. The highest BCUT2D eigenvalue weighted by Crippen LogP contribution is 2.27. The molecule has 3 rings (SSSR count). The molecule has 114 valence electrons. The van der Waals surface area contributed by atoms with Crippen molar-refractivity contribution in [2.75, 3.05) is 0 Å². The van der Waals surface area contributed by atoms with E-state index in [1.165, 1.54) is 17.4 Å². The maximum Gasteiger partial charge on any atom is 0.294 e. The van der Waals surface area contributed by atoms with Gasteiger partial charge in [0.15, 0.2) is 0 Å². The number of thiophene rings is 1. The first kappa shape index (κ1) is 15.5. The number of para-hydroxylation sites is 1. The molecule has 0 bridgehead atoms. The predicted molar refractivity (Wildman–Crippen MR) is 92.1 cm³/mol. The number of allylic oxidation sites excluding steroid dienone is 1. The van der Waals surface area contributed by atoms with Gasteiger partial charge in [-0.2, -0.15) is 8.42 Å². The molecule has 4 nitrogen and oxygen atoms in total. The maximum absolute atomic E-state index is 12.4. The summed E-state index contributed by atoms with van der Waals surface area (Å²) >= 11 is 8.14. The Balaban J connectivity index is 2.24. The molecule has 0 saturated carbocycles. The number of benzene rings is 1. The first-order valence-corrected chi connectivity index (χ1v) is 9.72. The third-order valence-corrected chi connectivity index (χ3v) is 7.04. The minimum Gasteiger partial charge on any atom is -0.312 e. The summed E-state index contributed by atoms with van der Waals surface area (Å²) in [5.74, 6) is 0. The Morgan fingerprint density at radius 3 is 2.68 bits per heavy atom. The number of fused-ring (bicyclic) bond motifs is 1. The van der Waals surface area contributed by atoms with Crippen molar-refractivity contribution in [2.24, 2.45) is 4.40 Å². The van der Waals surface area contributed by atoms with Gasteiger partial charge in [0.1, 0.15) is 4.21 Å². The number of aromatic nitrogens is 1. The van der Waals surface area contributed by atoms with Crippen LogP contribution in [0.2, 0.25) is 4.34 Å². The largest absolute Gasteiger partial charge is 0.312 e. The van der Waals surface area contributed by atoms with E-state index in [0.717, 1.165) is 21.6 Å². The molecule has 0 saturated heterocycles. The van der Waals surface area contributed by atoms with Gasteiger partial charge in [0.05, 0.1) is 14.6 Å². The second-order valence-corrected chi connectivity index (χ2v) is 8.93. The van der Waals surface area contributed by atoms with Gasteiger partial charge < -0.3 is 4.57 Å². The van der Waals surface area contributed by atoms with E-state index >= 15 is 0 Å². The molecule has 0 aliphatic carbocycles. The number of hydrogen-bond donors (Lipinski definition) is 0. The van der Waals surface area contributed by atoms with Gasteiger partial charge in [-0.05, 0) is 24.3 Å². The van der Waals surface area contributed by atoms with Gasteiger partial charge in [-0.15, -0.1) is 22.3 Å². The SMILES string of the molecule is C=CCn1c(=NS(=O)(=O)c2ccc(Cl)s2)sc2ccccc21. The number of sulfonamides is 1. The average molecular weight is 371 g/mol. The molecule has 2 heterocycles. The molecule has 0 N–H and O–H groups in total. The summed E-state index contributed by atoms with van der Waals surface area (Å²) in [5, 5.41) is 0. The van der Waals surface area contributed by atoms with Crippen molar-refractivity contribution < 1.29 is 8.42 Å². The quantitative estimate of drug-likeness (QED) is 0.654. The zero-order chi connectivity index (χ0) is 15.7. The maximum atomic E-state index is 12.4. The number of halogens is 1. The highest BCUT2D eigenvalue weighted by molar-refractivity contribution is 7.92. The van der Waals surface area contributed by atoms with Crippen LogP contribution >= 0.6 is 34.3 Å². The summed E-state index contributed by atoms with van der Waals surface area (Å²) in [7, 11) is -3.77. The first-order valence-electron chi connectivity index (χ1n) is 6.27. The minimum absolute atomic E-state index is 0.139. The van der Waals surface area contributed by atoms with Crippen LogP contribution in [-0.4, -0.2) is 13.0 Å². The Morgan fingerprint density at radius 1 is 1.23 bits per heavy atom. The molecule has 0 unspecified atom stereocenters. The number of thiazole rings is 1. The Bertz CT molecular complexity index is 1010. The van der Waals surface area contributed by atoms with Crippen LogP contribution in [0.15, 0.2) is 57.7 Å². The van der Waals surface area contributed by atoms with Gasteiger partial charge in [0.25, 0.3) is 10.0 Å². The molecule has 0 aliphatic heterocycles. The first-order chi connectivity index (χ1) is 10.5. The van der Waals surface area contributed by atoms with Gasteiger partial charge in [0.2, 0.25) is 4.80 Å². The van der Waals surface area contributed by atoms with Crippen LogP contribution in [0.3, 0.4) is 0 Å². The summed E-state index contributed by atoms with van der Waals surface area (Å²) in [6.45, 7) is 4.21. The third-order valence-electron chi connectivity index (χ3n) is 2.90. The highest BCUT2D eigenvalue weighted by Gasteiger charge is 2.16. The van der Waals surface area contributed by atoms with E-state index in [9.17, 15) is 8.42 Å². The zero-order valence-corrected chi connectivity index (χ0v) is 14.5. The molecule has 0 spiro atoms. The van der Waals surface area contributed by atoms with E-state index in [1.54, 1.807) is 12.1 Å². The van der Waals surface area contributed by atoms with E-state index < -0.39 is 10.0 Å². The van der Waals surface area contributed by atoms with Gasteiger partial charge in [0, 0.05) is 6.54 Å². The van der Waals surface area contributed by atoms with Gasteiger partial charge in [-0.25, -0.2) is 0 Å². The average Bonchev–Trinajstić information content (AvgIpc) is 3.05. The van der Waals surface area contributed by atoms with Gasteiger partial charge in [-0.3, -0.25) is 0 Å². The fourth-order valence-corrected chi connectivity index (χ4v) is 5.68. The normalized spacial score (nSPS) is 12.9. The summed E-state index contributed by atoms with van der Waals surface area (Å²) in [6.07, 6.45) is 1.72. The van der Waals surface area contributed by atoms with Crippen LogP contribution in [-0.2, 0) is 16.6 Å². The molecular formula is C14H11ClN2O2S3. The van der Waals surface area contributed by atoms with Crippen molar-refractivity contribution in [3.63, 3.8) is 0 Å². The Hall–Kier alpha value is -1.41. The van der Waals surface area contributed by atoms with Gasteiger partial charge in [-0.1, -0.05) is 41.1 Å². The summed E-state index contributed by atoms with van der Waals surface area (Å²) in [5.41, 5.74) is 0.936. The lowest BCUT2D eigenvalue weighted by atomic mass is 10.3.